The minimum absolute atomic E-state index is 0.445. The predicted molar refractivity (Wildman–Crippen MR) is 96.8 cm³/mol. The zero-order valence-corrected chi connectivity index (χ0v) is 14.0. The van der Waals surface area contributed by atoms with E-state index < -0.39 is 17.7 Å². The van der Waals surface area contributed by atoms with Gasteiger partial charge < -0.3 is 9.84 Å². The fourth-order valence-electron chi connectivity index (χ4n) is 3.04. The first-order chi connectivity index (χ1) is 12.1. The highest BCUT2D eigenvalue weighted by Crippen LogP contribution is 2.43. The first-order valence-corrected chi connectivity index (χ1v) is 8.18. The van der Waals surface area contributed by atoms with Gasteiger partial charge in [0.2, 0.25) is 0 Å². The van der Waals surface area contributed by atoms with Crippen LogP contribution in [0.2, 0.25) is 0 Å². The second-order valence-electron chi connectivity index (χ2n) is 5.90. The second kappa shape index (κ2) is 7.32. The first-order valence-electron chi connectivity index (χ1n) is 8.18. The Hall–Kier alpha value is -2.91. The van der Waals surface area contributed by atoms with Crippen LogP contribution >= 0.6 is 0 Å². The molecule has 3 rings (SSSR count). The Morgan fingerprint density at radius 2 is 1.20 bits per heavy atom. The highest BCUT2D eigenvalue weighted by atomic mass is 16.6. The van der Waals surface area contributed by atoms with Crippen LogP contribution in [0.4, 0.5) is 0 Å². The number of carbonyl (C=O) groups is 1. The normalized spacial score (nSPS) is 12.4. The molecule has 0 saturated heterocycles. The molecule has 3 nitrogen and oxygen atoms in total. The maximum Gasteiger partial charge on any atom is 0.303 e. The number of aliphatic hydroxyl groups is 1. The molecular weight excluding hydrogens is 312 g/mol. The van der Waals surface area contributed by atoms with E-state index in [1.807, 2.05) is 91.0 Å². The maximum absolute atomic E-state index is 11.8. The van der Waals surface area contributed by atoms with Gasteiger partial charge in [-0.05, 0) is 16.7 Å². The van der Waals surface area contributed by atoms with Crippen LogP contribution in [0.5, 0.6) is 0 Å². The Balaban J connectivity index is 2.22. The van der Waals surface area contributed by atoms with Gasteiger partial charge in [0.15, 0.2) is 11.7 Å². The molecule has 0 aromatic heterocycles. The molecule has 0 aliphatic rings. The van der Waals surface area contributed by atoms with Crippen LogP contribution in [0.25, 0.3) is 0 Å². The number of carbonyl (C=O) groups excluding carboxylic acids is 1. The van der Waals surface area contributed by atoms with Crippen LogP contribution in [0.3, 0.4) is 0 Å². The smallest absolute Gasteiger partial charge is 0.303 e. The van der Waals surface area contributed by atoms with E-state index in [-0.39, 0.29) is 0 Å². The Labute approximate surface area is 147 Å². The van der Waals surface area contributed by atoms with Gasteiger partial charge in [-0.3, -0.25) is 4.79 Å². The summed E-state index contributed by atoms with van der Waals surface area (Å²) in [6.07, 6.45) is -0.865. The van der Waals surface area contributed by atoms with Crippen molar-refractivity contribution in [2.24, 2.45) is 0 Å². The molecule has 0 amide bonds. The lowest BCUT2D eigenvalue weighted by Gasteiger charge is -2.36. The third-order valence-corrected chi connectivity index (χ3v) is 4.19. The minimum Gasteiger partial charge on any atom is -0.454 e. The largest absolute Gasteiger partial charge is 0.454 e. The van der Waals surface area contributed by atoms with Crippen molar-refractivity contribution in [3.63, 3.8) is 0 Å². The van der Waals surface area contributed by atoms with E-state index in [0.29, 0.717) is 11.1 Å². The summed E-state index contributed by atoms with van der Waals surface area (Å²) in [6.45, 7) is 1.35. The number of hydrogen-bond donors (Lipinski definition) is 1. The van der Waals surface area contributed by atoms with Crippen molar-refractivity contribution in [2.75, 3.05) is 0 Å². The van der Waals surface area contributed by atoms with Crippen LogP contribution in [-0.4, -0.2) is 11.1 Å². The van der Waals surface area contributed by atoms with Crippen molar-refractivity contribution < 1.29 is 14.6 Å². The quantitative estimate of drug-likeness (QED) is 0.711. The molecule has 0 heterocycles. The van der Waals surface area contributed by atoms with Gasteiger partial charge in [0.1, 0.15) is 0 Å². The molecule has 0 aliphatic heterocycles. The Kier molecular flexibility index (Phi) is 4.96. The summed E-state index contributed by atoms with van der Waals surface area (Å²) in [5.41, 5.74) is 0.552. The Morgan fingerprint density at radius 1 is 0.800 bits per heavy atom. The summed E-state index contributed by atoms with van der Waals surface area (Å²) in [7, 11) is 0. The topological polar surface area (TPSA) is 46.5 Å². The molecule has 0 saturated carbocycles. The summed E-state index contributed by atoms with van der Waals surface area (Å²) in [5.74, 6) is -0.445. The number of benzene rings is 3. The van der Waals surface area contributed by atoms with Gasteiger partial charge in [0, 0.05) is 6.92 Å². The van der Waals surface area contributed by atoms with Gasteiger partial charge in [-0.25, -0.2) is 0 Å². The van der Waals surface area contributed by atoms with Crippen molar-refractivity contribution in [3.8, 4) is 0 Å². The zero-order valence-electron chi connectivity index (χ0n) is 14.0. The number of esters is 1. The lowest BCUT2D eigenvalue weighted by atomic mass is 9.79. The van der Waals surface area contributed by atoms with Gasteiger partial charge in [-0.2, -0.15) is 0 Å². The molecule has 126 valence electrons. The van der Waals surface area contributed by atoms with E-state index in [0.717, 1.165) is 5.56 Å². The summed E-state index contributed by atoms with van der Waals surface area (Å²) in [4.78, 5) is 11.8. The SMILES string of the molecule is CC(=O)O[C@H](c1ccccc1)C(O)(c1ccccc1)c1ccccc1. The van der Waals surface area contributed by atoms with Gasteiger partial charge in [-0.15, -0.1) is 0 Å². The Morgan fingerprint density at radius 3 is 1.60 bits per heavy atom. The molecule has 0 unspecified atom stereocenters. The van der Waals surface area contributed by atoms with Crippen molar-refractivity contribution in [1.29, 1.82) is 0 Å². The fourth-order valence-corrected chi connectivity index (χ4v) is 3.04. The Bertz CT molecular complexity index is 774. The molecule has 3 aromatic rings. The van der Waals surface area contributed by atoms with Crippen molar-refractivity contribution in [3.05, 3.63) is 108 Å². The molecule has 0 fully saturated rings. The van der Waals surface area contributed by atoms with Crippen LogP contribution in [0.1, 0.15) is 29.7 Å². The van der Waals surface area contributed by atoms with E-state index in [2.05, 4.69) is 0 Å². The molecule has 25 heavy (non-hydrogen) atoms. The average molecular weight is 332 g/mol. The van der Waals surface area contributed by atoms with Gasteiger partial charge in [-0.1, -0.05) is 91.0 Å². The molecule has 3 heteroatoms. The molecular formula is C22H20O3. The summed E-state index contributed by atoms with van der Waals surface area (Å²) in [6, 6.07) is 27.9. The summed E-state index contributed by atoms with van der Waals surface area (Å²) < 4.78 is 5.62. The highest BCUT2D eigenvalue weighted by molar-refractivity contribution is 5.66. The van der Waals surface area contributed by atoms with E-state index in [1.165, 1.54) is 6.92 Å². The fraction of sp³-hybridized carbons (Fsp3) is 0.136. The van der Waals surface area contributed by atoms with Crippen LogP contribution < -0.4 is 0 Å². The van der Waals surface area contributed by atoms with Crippen molar-refractivity contribution in [2.45, 2.75) is 18.6 Å². The second-order valence-corrected chi connectivity index (χ2v) is 5.90. The van der Waals surface area contributed by atoms with E-state index >= 15 is 0 Å². The predicted octanol–water partition coefficient (Wildman–Crippen LogP) is 4.23. The third kappa shape index (κ3) is 3.47. The van der Waals surface area contributed by atoms with E-state index in [9.17, 15) is 9.90 Å². The molecule has 0 bridgehead atoms. The molecule has 0 spiro atoms. The third-order valence-electron chi connectivity index (χ3n) is 4.19. The highest BCUT2D eigenvalue weighted by Gasteiger charge is 2.43. The van der Waals surface area contributed by atoms with Crippen LogP contribution in [0, 0.1) is 0 Å². The van der Waals surface area contributed by atoms with Crippen molar-refractivity contribution in [1.82, 2.24) is 0 Å². The molecule has 3 aromatic carbocycles. The zero-order chi connectivity index (χ0) is 17.7. The standard InChI is InChI=1S/C22H20O3/c1-17(23)25-21(18-11-5-2-6-12-18)22(24,19-13-7-3-8-14-19)20-15-9-4-10-16-20/h2-16,21,24H,1H3/t21-/m1/s1. The summed E-state index contributed by atoms with van der Waals surface area (Å²) in [5, 5.41) is 11.8. The number of rotatable bonds is 5. The molecule has 0 radical (unpaired) electrons. The van der Waals surface area contributed by atoms with Crippen molar-refractivity contribution >= 4 is 5.97 Å². The maximum atomic E-state index is 11.8. The number of ether oxygens (including phenoxy) is 1. The van der Waals surface area contributed by atoms with Gasteiger partial charge >= 0.3 is 5.97 Å². The summed E-state index contributed by atoms with van der Waals surface area (Å²) >= 11 is 0. The monoisotopic (exact) mass is 332 g/mol. The lowest BCUT2D eigenvalue weighted by Crippen LogP contribution is -2.37. The first kappa shape index (κ1) is 16.9. The van der Waals surface area contributed by atoms with Crippen LogP contribution in [0.15, 0.2) is 91.0 Å². The van der Waals surface area contributed by atoms with E-state index in [1.54, 1.807) is 0 Å². The number of hydrogen-bond acceptors (Lipinski definition) is 3. The van der Waals surface area contributed by atoms with E-state index in [4.69, 9.17) is 4.74 Å². The average Bonchev–Trinajstić information content (AvgIpc) is 2.67. The van der Waals surface area contributed by atoms with Gasteiger partial charge in [0.25, 0.3) is 0 Å². The minimum atomic E-state index is -1.50. The molecule has 0 aliphatic carbocycles. The molecule has 1 atom stereocenters. The molecule has 1 N–H and O–H groups in total. The van der Waals surface area contributed by atoms with Crippen LogP contribution in [-0.2, 0) is 15.1 Å². The lowest BCUT2D eigenvalue weighted by molar-refractivity contribution is -0.160. The van der Waals surface area contributed by atoms with Gasteiger partial charge in [0.05, 0.1) is 0 Å².